The molecule has 0 saturated heterocycles. The zero-order chi connectivity index (χ0) is 14.6. The highest BCUT2D eigenvalue weighted by Crippen LogP contribution is 2.29. The maximum atomic E-state index is 12.6. The predicted molar refractivity (Wildman–Crippen MR) is 63.4 cm³/mol. The van der Waals surface area contributed by atoms with E-state index in [0.717, 1.165) is 6.07 Å². The van der Waals surface area contributed by atoms with Gasteiger partial charge in [0.05, 0.1) is 12.7 Å². The SMILES string of the molecule is NNc1nc(NCCn2ccnn2)cc(C(F)(F)F)n1. The number of hydrogen-bond acceptors (Lipinski definition) is 7. The second-order valence-electron chi connectivity index (χ2n) is 3.70. The van der Waals surface area contributed by atoms with Crippen LogP contribution in [0.25, 0.3) is 0 Å². The molecule has 0 aliphatic rings. The van der Waals surface area contributed by atoms with Crippen molar-refractivity contribution in [2.24, 2.45) is 5.84 Å². The van der Waals surface area contributed by atoms with Crippen molar-refractivity contribution in [1.82, 2.24) is 25.0 Å². The lowest BCUT2D eigenvalue weighted by atomic mass is 10.3. The Kier molecular flexibility index (Phi) is 3.98. The summed E-state index contributed by atoms with van der Waals surface area (Å²) in [7, 11) is 0. The van der Waals surface area contributed by atoms with Crippen LogP contribution in [0.3, 0.4) is 0 Å². The van der Waals surface area contributed by atoms with Gasteiger partial charge in [0.2, 0.25) is 5.95 Å². The van der Waals surface area contributed by atoms with Crippen LogP contribution in [0.2, 0.25) is 0 Å². The molecule has 2 heterocycles. The first kappa shape index (κ1) is 14.0. The van der Waals surface area contributed by atoms with E-state index < -0.39 is 11.9 Å². The van der Waals surface area contributed by atoms with Gasteiger partial charge in [0, 0.05) is 18.8 Å². The first-order valence-electron chi connectivity index (χ1n) is 5.50. The van der Waals surface area contributed by atoms with Gasteiger partial charge in [-0.25, -0.2) is 10.8 Å². The van der Waals surface area contributed by atoms with Gasteiger partial charge < -0.3 is 5.32 Å². The van der Waals surface area contributed by atoms with Crippen LogP contribution in [0.15, 0.2) is 18.5 Å². The van der Waals surface area contributed by atoms with E-state index in [1.807, 2.05) is 5.43 Å². The number of nitrogens with one attached hydrogen (secondary N) is 2. The minimum Gasteiger partial charge on any atom is -0.368 e. The van der Waals surface area contributed by atoms with Gasteiger partial charge in [-0.2, -0.15) is 18.2 Å². The van der Waals surface area contributed by atoms with Crippen molar-refractivity contribution >= 4 is 11.8 Å². The average Bonchev–Trinajstić information content (AvgIpc) is 2.90. The fourth-order valence-corrected chi connectivity index (χ4v) is 1.40. The minimum atomic E-state index is -4.57. The van der Waals surface area contributed by atoms with Gasteiger partial charge >= 0.3 is 6.18 Å². The predicted octanol–water partition coefficient (Wildman–Crippen LogP) is 0.485. The van der Waals surface area contributed by atoms with Gasteiger partial charge in [0.25, 0.3) is 0 Å². The Bertz CT molecular complexity index is 553. The lowest BCUT2D eigenvalue weighted by Gasteiger charge is -2.11. The number of alkyl halides is 3. The number of halogens is 3. The molecule has 0 amide bonds. The Morgan fingerprint density at radius 3 is 2.70 bits per heavy atom. The van der Waals surface area contributed by atoms with Crippen LogP contribution in [0.1, 0.15) is 5.69 Å². The number of hydrazine groups is 1. The topological polar surface area (TPSA) is 107 Å². The quantitative estimate of drug-likeness (QED) is 0.542. The summed E-state index contributed by atoms with van der Waals surface area (Å²) in [6.45, 7) is 0.748. The van der Waals surface area contributed by atoms with E-state index in [0.29, 0.717) is 13.1 Å². The van der Waals surface area contributed by atoms with Crippen LogP contribution in [-0.2, 0) is 12.7 Å². The maximum Gasteiger partial charge on any atom is 0.433 e. The molecule has 0 aromatic carbocycles. The highest BCUT2D eigenvalue weighted by Gasteiger charge is 2.33. The van der Waals surface area contributed by atoms with Crippen molar-refractivity contribution in [3.63, 3.8) is 0 Å². The third-order valence-electron chi connectivity index (χ3n) is 2.26. The number of nitrogens with zero attached hydrogens (tertiary/aromatic N) is 5. The highest BCUT2D eigenvalue weighted by atomic mass is 19.4. The Morgan fingerprint density at radius 1 is 1.30 bits per heavy atom. The van der Waals surface area contributed by atoms with Crippen LogP contribution < -0.4 is 16.6 Å². The van der Waals surface area contributed by atoms with Gasteiger partial charge in [0.1, 0.15) is 5.82 Å². The van der Waals surface area contributed by atoms with E-state index in [4.69, 9.17) is 5.84 Å². The monoisotopic (exact) mass is 288 g/mol. The first-order chi connectivity index (χ1) is 9.49. The lowest BCUT2D eigenvalue weighted by Crippen LogP contribution is -2.18. The normalized spacial score (nSPS) is 11.4. The van der Waals surface area contributed by atoms with E-state index in [9.17, 15) is 13.2 Å². The number of aromatic nitrogens is 5. The van der Waals surface area contributed by atoms with Crippen LogP contribution in [0, 0.1) is 0 Å². The van der Waals surface area contributed by atoms with Gasteiger partial charge in [-0.1, -0.05) is 5.21 Å². The molecule has 0 bridgehead atoms. The van der Waals surface area contributed by atoms with Crippen LogP contribution in [-0.4, -0.2) is 31.5 Å². The molecule has 0 unspecified atom stereocenters. The third kappa shape index (κ3) is 3.54. The Balaban J connectivity index is 2.06. The number of rotatable bonds is 5. The summed E-state index contributed by atoms with van der Waals surface area (Å²) < 4.78 is 39.4. The molecule has 0 saturated carbocycles. The van der Waals surface area contributed by atoms with E-state index in [1.54, 1.807) is 6.20 Å². The van der Waals surface area contributed by atoms with Gasteiger partial charge in [0.15, 0.2) is 5.69 Å². The molecule has 0 spiro atoms. The van der Waals surface area contributed by atoms with E-state index in [-0.39, 0.29) is 11.8 Å². The molecule has 4 N–H and O–H groups in total. The van der Waals surface area contributed by atoms with Crippen LogP contribution >= 0.6 is 0 Å². The van der Waals surface area contributed by atoms with Gasteiger partial charge in [-0.05, 0) is 0 Å². The molecule has 0 atom stereocenters. The van der Waals surface area contributed by atoms with Crippen molar-refractivity contribution in [3.05, 3.63) is 24.2 Å². The number of hydrogen-bond donors (Lipinski definition) is 3. The minimum absolute atomic E-state index is 0.0143. The van der Waals surface area contributed by atoms with Crippen molar-refractivity contribution in [2.75, 3.05) is 17.3 Å². The zero-order valence-corrected chi connectivity index (χ0v) is 10.1. The molecule has 0 fully saturated rings. The highest BCUT2D eigenvalue weighted by molar-refractivity contribution is 5.42. The zero-order valence-electron chi connectivity index (χ0n) is 10.1. The molecule has 11 heteroatoms. The molecule has 20 heavy (non-hydrogen) atoms. The number of nitrogens with two attached hydrogens (primary N) is 1. The molecule has 2 aromatic rings. The Morgan fingerprint density at radius 2 is 2.10 bits per heavy atom. The smallest absolute Gasteiger partial charge is 0.368 e. The largest absolute Gasteiger partial charge is 0.433 e. The molecule has 2 aromatic heterocycles. The van der Waals surface area contributed by atoms with Crippen molar-refractivity contribution in [1.29, 1.82) is 0 Å². The van der Waals surface area contributed by atoms with Crippen LogP contribution in [0.4, 0.5) is 24.9 Å². The average molecular weight is 288 g/mol. The van der Waals surface area contributed by atoms with E-state index in [1.165, 1.54) is 10.9 Å². The molecule has 108 valence electrons. The molecule has 0 aliphatic carbocycles. The summed E-state index contributed by atoms with van der Waals surface area (Å²) in [5.41, 5.74) is 0.914. The summed E-state index contributed by atoms with van der Waals surface area (Å²) in [5.74, 6) is 4.74. The summed E-state index contributed by atoms with van der Waals surface area (Å²) in [4.78, 5) is 7.02. The van der Waals surface area contributed by atoms with Gasteiger partial charge in [-0.15, -0.1) is 5.10 Å². The molecular formula is C9H11F3N8. The molecular weight excluding hydrogens is 277 g/mol. The molecule has 0 aliphatic heterocycles. The first-order valence-corrected chi connectivity index (χ1v) is 5.50. The van der Waals surface area contributed by atoms with Gasteiger partial charge in [-0.3, -0.25) is 10.1 Å². The second-order valence-corrected chi connectivity index (χ2v) is 3.70. The van der Waals surface area contributed by atoms with Crippen molar-refractivity contribution < 1.29 is 13.2 Å². The maximum absolute atomic E-state index is 12.6. The van der Waals surface area contributed by atoms with E-state index in [2.05, 4.69) is 25.6 Å². The Hall–Kier alpha value is -2.43. The summed E-state index contributed by atoms with van der Waals surface area (Å²) >= 11 is 0. The molecule has 2 rings (SSSR count). The van der Waals surface area contributed by atoms with Crippen molar-refractivity contribution in [2.45, 2.75) is 12.7 Å². The number of anilines is 2. The third-order valence-corrected chi connectivity index (χ3v) is 2.26. The fraction of sp³-hybridized carbons (Fsp3) is 0.333. The molecule has 8 nitrogen and oxygen atoms in total. The van der Waals surface area contributed by atoms with Crippen LogP contribution in [0.5, 0.6) is 0 Å². The lowest BCUT2D eigenvalue weighted by molar-refractivity contribution is -0.141. The summed E-state index contributed by atoms with van der Waals surface area (Å²) in [6.07, 6.45) is -1.44. The fourth-order valence-electron chi connectivity index (χ4n) is 1.40. The number of nitrogen functional groups attached to an aromatic ring is 1. The summed E-state index contributed by atoms with van der Waals surface area (Å²) in [6, 6.07) is 0.808. The second kappa shape index (κ2) is 5.69. The van der Waals surface area contributed by atoms with E-state index >= 15 is 0 Å². The molecule has 0 radical (unpaired) electrons. The summed E-state index contributed by atoms with van der Waals surface area (Å²) in [5, 5.41) is 10.1. The van der Waals surface area contributed by atoms with Crippen molar-refractivity contribution in [3.8, 4) is 0 Å². The Labute approximate surface area is 111 Å². The standard InChI is InChI=1S/C9H11F3N8/c10-9(11,12)6-5-7(17-8(16-6)18-13)14-1-3-20-4-2-15-19-20/h2,4-5H,1,3,13H2,(H2,14,16,17,18).